The van der Waals surface area contributed by atoms with Gasteiger partial charge in [0.2, 0.25) is 5.91 Å². The number of rotatable bonds is 8. The average molecular weight is 423 g/mol. The summed E-state index contributed by atoms with van der Waals surface area (Å²) in [6, 6.07) is 8.79. The van der Waals surface area contributed by atoms with Crippen molar-refractivity contribution in [2.24, 2.45) is 0 Å². The number of nitrogens with one attached hydrogen (secondary N) is 1. The predicted molar refractivity (Wildman–Crippen MR) is 117 cm³/mol. The molecule has 1 unspecified atom stereocenters. The van der Waals surface area contributed by atoms with Gasteiger partial charge < -0.3 is 24.7 Å². The van der Waals surface area contributed by atoms with Crippen molar-refractivity contribution in [2.45, 2.75) is 33.2 Å². The van der Waals surface area contributed by atoms with Gasteiger partial charge in [0.15, 0.2) is 0 Å². The van der Waals surface area contributed by atoms with Gasteiger partial charge >= 0.3 is 5.97 Å². The van der Waals surface area contributed by atoms with Gasteiger partial charge in [-0.2, -0.15) is 0 Å². The van der Waals surface area contributed by atoms with Crippen LogP contribution in [0, 0.1) is 6.92 Å². The topological polar surface area (TPSA) is 109 Å². The van der Waals surface area contributed by atoms with Crippen LogP contribution in [0.1, 0.15) is 30.5 Å². The van der Waals surface area contributed by atoms with Gasteiger partial charge in [0.05, 0.1) is 12.9 Å². The molecule has 2 aromatic carbocycles. The van der Waals surface area contributed by atoms with Gasteiger partial charge in [-0.3, -0.25) is 4.79 Å². The normalized spacial score (nSPS) is 12.5. The van der Waals surface area contributed by atoms with E-state index in [-0.39, 0.29) is 12.2 Å². The predicted octanol–water partition coefficient (Wildman–Crippen LogP) is 4.06. The summed E-state index contributed by atoms with van der Waals surface area (Å²) in [5, 5.41) is 22.3. The van der Waals surface area contributed by atoms with E-state index in [1.165, 1.54) is 18.2 Å². The smallest absolute Gasteiger partial charge is 0.326 e. The molecule has 7 nitrogen and oxygen atoms in total. The van der Waals surface area contributed by atoms with Crippen LogP contribution in [0.25, 0.3) is 16.5 Å². The molecule has 0 aliphatic rings. The second-order valence-corrected chi connectivity index (χ2v) is 7.29. The number of amides is 1. The van der Waals surface area contributed by atoms with Crippen molar-refractivity contribution in [3.05, 3.63) is 65.4 Å². The van der Waals surface area contributed by atoms with Crippen molar-refractivity contribution in [1.29, 1.82) is 0 Å². The highest BCUT2D eigenvalue weighted by atomic mass is 16.5. The van der Waals surface area contributed by atoms with E-state index < -0.39 is 17.9 Å². The van der Waals surface area contributed by atoms with Crippen molar-refractivity contribution in [3.63, 3.8) is 0 Å². The fourth-order valence-electron chi connectivity index (χ4n) is 3.32. The van der Waals surface area contributed by atoms with E-state index in [9.17, 15) is 19.8 Å². The summed E-state index contributed by atoms with van der Waals surface area (Å²) in [6.07, 6.45) is 3.13. The van der Waals surface area contributed by atoms with Crippen LogP contribution < -0.4 is 10.1 Å². The number of benzene rings is 2. The third-order valence-corrected chi connectivity index (χ3v) is 4.93. The number of fused-ring (bicyclic) bond motifs is 1. The molecular formula is C24H25NO6. The molecule has 162 valence electrons. The lowest BCUT2D eigenvalue weighted by Gasteiger charge is -2.15. The number of allylic oxidation sites excluding steroid dienone is 1. The Balaban J connectivity index is 1.83. The van der Waals surface area contributed by atoms with Crippen molar-refractivity contribution < 1.29 is 29.0 Å². The Bertz CT molecular complexity index is 1130. The highest BCUT2D eigenvalue weighted by Crippen LogP contribution is 2.33. The van der Waals surface area contributed by atoms with Gasteiger partial charge in [-0.1, -0.05) is 12.1 Å². The zero-order valence-corrected chi connectivity index (χ0v) is 17.6. The van der Waals surface area contributed by atoms with Crippen LogP contribution in [-0.4, -0.2) is 34.7 Å². The number of aliphatic carboxylic acids is 1. The Morgan fingerprint density at radius 1 is 1.23 bits per heavy atom. The van der Waals surface area contributed by atoms with Gasteiger partial charge in [-0.15, -0.1) is 0 Å². The molecule has 0 saturated heterocycles. The molecule has 3 rings (SSSR count). The number of furan rings is 1. The van der Waals surface area contributed by atoms with Crippen LogP contribution in [0.5, 0.6) is 11.5 Å². The fraction of sp³-hybridized carbons (Fsp3) is 0.250. The third kappa shape index (κ3) is 5.25. The Hall–Kier alpha value is -3.74. The highest BCUT2D eigenvalue weighted by molar-refractivity contribution is 5.98. The number of aromatic hydroxyl groups is 1. The number of carbonyl (C=O) groups excluding carboxylic acids is 1. The molecule has 0 saturated carbocycles. The zero-order valence-electron chi connectivity index (χ0n) is 17.6. The number of hydrogen-bond donors (Lipinski definition) is 3. The minimum Gasteiger partial charge on any atom is -0.508 e. The first-order valence-electron chi connectivity index (χ1n) is 9.93. The van der Waals surface area contributed by atoms with Crippen molar-refractivity contribution in [2.75, 3.05) is 6.61 Å². The first kappa shape index (κ1) is 22.0. The van der Waals surface area contributed by atoms with Crippen LogP contribution in [0.3, 0.4) is 0 Å². The lowest BCUT2D eigenvalue weighted by atomic mass is 10.0. The first-order valence-corrected chi connectivity index (χ1v) is 9.93. The summed E-state index contributed by atoms with van der Waals surface area (Å²) in [5.41, 5.74) is 3.72. The molecule has 1 heterocycles. The van der Waals surface area contributed by atoms with Gasteiger partial charge in [0, 0.05) is 29.5 Å². The molecule has 0 fully saturated rings. The summed E-state index contributed by atoms with van der Waals surface area (Å²) in [4.78, 5) is 24.2. The monoisotopic (exact) mass is 423 g/mol. The third-order valence-electron chi connectivity index (χ3n) is 4.93. The molecule has 1 aromatic heterocycles. The average Bonchev–Trinajstić information content (AvgIpc) is 3.08. The lowest BCUT2D eigenvalue weighted by Crippen LogP contribution is -2.41. The van der Waals surface area contributed by atoms with E-state index in [2.05, 4.69) is 5.32 Å². The van der Waals surface area contributed by atoms with Gasteiger partial charge in [-0.25, -0.2) is 4.79 Å². The molecular weight excluding hydrogens is 398 g/mol. The first-order chi connectivity index (χ1) is 14.8. The van der Waals surface area contributed by atoms with Crippen LogP contribution in [-0.2, 0) is 16.0 Å². The van der Waals surface area contributed by atoms with E-state index in [1.807, 2.05) is 19.9 Å². The Morgan fingerprint density at radius 2 is 1.94 bits per heavy atom. The van der Waals surface area contributed by atoms with Crippen molar-refractivity contribution in [1.82, 2.24) is 5.32 Å². The summed E-state index contributed by atoms with van der Waals surface area (Å²) >= 11 is 0. The summed E-state index contributed by atoms with van der Waals surface area (Å²) in [6.45, 7) is 6.02. The van der Waals surface area contributed by atoms with Gasteiger partial charge in [0.1, 0.15) is 23.1 Å². The number of carboxylic acids is 1. The molecule has 3 aromatic rings. The van der Waals surface area contributed by atoms with E-state index in [0.29, 0.717) is 29.1 Å². The maximum absolute atomic E-state index is 12.6. The molecule has 0 aliphatic heterocycles. The summed E-state index contributed by atoms with van der Waals surface area (Å²) in [7, 11) is 0. The van der Waals surface area contributed by atoms with Crippen LogP contribution >= 0.6 is 0 Å². The molecule has 1 atom stereocenters. The Kier molecular flexibility index (Phi) is 6.65. The standard InChI is InChI=1S/C24H25NO6/c1-4-30-21-12-22-19(15(3)13-31-22)11-18(21)14(2)9-23(27)25-20(24(28)29)10-16-5-7-17(26)8-6-16/h5-9,11-13,20,26H,4,10H2,1-3H3,(H,25,27)(H,28,29)/b14-9+. The second kappa shape index (κ2) is 9.38. The van der Waals surface area contributed by atoms with E-state index in [1.54, 1.807) is 31.4 Å². The minimum atomic E-state index is -1.14. The van der Waals surface area contributed by atoms with Gasteiger partial charge in [0.25, 0.3) is 0 Å². The summed E-state index contributed by atoms with van der Waals surface area (Å²) in [5.74, 6) is -0.981. The maximum atomic E-state index is 12.6. The number of ether oxygens (including phenoxy) is 1. The molecule has 31 heavy (non-hydrogen) atoms. The van der Waals surface area contributed by atoms with Crippen LogP contribution in [0.15, 0.2) is 53.2 Å². The molecule has 0 bridgehead atoms. The quantitative estimate of drug-likeness (QED) is 0.472. The number of aryl methyl sites for hydroxylation is 1. The number of hydrogen-bond acceptors (Lipinski definition) is 5. The summed E-state index contributed by atoms with van der Waals surface area (Å²) < 4.78 is 11.3. The molecule has 0 spiro atoms. The zero-order chi connectivity index (χ0) is 22.5. The Morgan fingerprint density at radius 3 is 2.58 bits per heavy atom. The number of phenolic OH excluding ortho intramolecular Hbond substituents is 1. The van der Waals surface area contributed by atoms with E-state index >= 15 is 0 Å². The molecule has 0 radical (unpaired) electrons. The Labute approximate surface area is 179 Å². The number of carboxylic acid groups (broad SMARTS) is 1. The van der Waals surface area contributed by atoms with Crippen LogP contribution in [0.2, 0.25) is 0 Å². The van der Waals surface area contributed by atoms with E-state index in [0.717, 1.165) is 16.5 Å². The molecule has 1 amide bonds. The van der Waals surface area contributed by atoms with Crippen molar-refractivity contribution >= 4 is 28.4 Å². The lowest BCUT2D eigenvalue weighted by molar-refractivity contribution is -0.141. The highest BCUT2D eigenvalue weighted by Gasteiger charge is 2.20. The molecule has 7 heteroatoms. The minimum absolute atomic E-state index is 0.0909. The molecule has 3 N–H and O–H groups in total. The molecule has 0 aliphatic carbocycles. The number of carbonyl (C=O) groups is 2. The SMILES string of the molecule is CCOc1cc2occ(C)c2cc1/C(C)=C/C(=O)NC(Cc1ccc(O)cc1)C(=O)O. The maximum Gasteiger partial charge on any atom is 0.326 e. The van der Waals surface area contributed by atoms with Crippen LogP contribution in [0.4, 0.5) is 0 Å². The fourth-order valence-corrected chi connectivity index (χ4v) is 3.32. The van der Waals surface area contributed by atoms with Crippen molar-refractivity contribution in [3.8, 4) is 11.5 Å². The largest absolute Gasteiger partial charge is 0.508 e. The second-order valence-electron chi connectivity index (χ2n) is 7.29. The van der Waals surface area contributed by atoms with Gasteiger partial charge in [-0.05, 0) is 55.7 Å². The van der Waals surface area contributed by atoms with E-state index in [4.69, 9.17) is 9.15 Å². The number of phenols is 1.